The summed E-state index contributed by atoms with van der Waals surface area (Å²) in [4.78, 5) is 12.7. The minimum Gasteiger partial charge on any atom is -0.455 e. The number of hydrazone groups is 1. The molecular formula is C16H18N4O3. The summed E-state index contributed by atoms with van der Waals surface area (Å²) in [6.07, 6.45) is 1.69. The van der Waals surface area contributed by atoms with Crippen LogP contribution in [0, 0.1) is 10.1 Å². The highest BCUT2D eigenvalue weighted by molar-refractivity contribution is 5.77. The van der Waals surface area contributed by atoms with Gasteiger partial charge >= 0.3 is 0 Å². The smallest absolute Gasteiger partial charge is 0.270 e. The lowest BCUT2D eigenvalue weighted by atomic mass is 10.1. The topological polar surface area (TPSA) is 75.1 Å². The molecule has 1 saturated heterocycles. The van der Waals surface area contributed by atoms with Gasteiger partial charge in [-0.2, -0.15) is 5.10 Å². The molecule has 0 spiro atoms. The maximum atomic E-state index is 10.8. The van der Waals surface area contributed by atoms with Gasteiger partial charge in [-0.15, -0.1) is 0 Å². The zero-order valence-electron chi connectivity index (χ0n) is 12.9. The molecule has 1 aromatic carbocycles. The SMILES string of the molecule is CN1CCN(N=Cc2ccc(-c3cccc([N+](=O)[O-])c3)o2)CC1. The molecule has 3 rings (SSSR count). The average molecular weight is 314 g/mol. The molecule has 7 heteroatoms. The molecule has 1 aliphatic heterocycles. The standard InChI is InChI=1S/C16H18N4O3/c1-18-7-9-19(10-8-18)17-12-15-5-6-16(23-15)13-3-2-4-14(11-13)20(21)22/h2-6,11-12H,7-10H2,1H3. The summed E-state index contributed by atoms with van der Waals surface area (Å²) in [6.45, 7) is 3.78. The van der Waals surface area contributed by atoms with E-state index in [9.17, 15) is 10.1 Å². The monoisotopic (exact) mass is 314 g/mol. The van der Waals surface area contributed by atoms with E-state index in [1.165, 1.54) is 12.1 Å². The molecule has 23 heavy (non-hydrogen) atoms. The molecule has 0 bridgehead atoms. The van der Waals surface area contributed by atoms with E-state index in [0.717, 1.165) is 26.2 Å². The first-order valence-corrected chi connectivity index (χ1v) is 7.44. The Hall–Kier alpha value is -2.67. The normalized spacial score (nSPS) is 16.1. The molecule has 0 N–H and O–H groups in total. The molecule has 1 aliphatic rings. The van der Waals surface area contributed by atoms with Crippen molar-refractivity contribution in [1.82, 2.24) is 9.91 Å². The summed E-state index contributed by atoms with van der Waals surface area (Å²) < 4.78 is 5.71. The van der Waals surface area contributed by atoms with Gasteiger partial charge in [-0.05, 0) is 19.2 Å². The molecular weight excluding hydrogens is 296 g/mol. The van der Waals surface area contributed by atoms with Gasteiger partial charge in [-0.3, -0.25) is 15.1 Å². The lowest BCUT2D eigenvalue weighted by Crippen LogP contribution is -2.41. The molecule has 1 fully saturated rings. The van der Waals surface area contributed by atoms with Crippen LogP contribution in [0.5, 0.6) is 0 Å². The number of hydrogen-bond donors (Lipinski definition) is 0. The van der Waals surface area contributed by atoms with Gasteiger partial charge in [0.05, 0.1) is 11.1 Å². The number of hydrogen-bond acceptors (Lipinski definition) is 6. The van der Waals surface area contributed by atoms with Crippen molar-refractivity contribution < 1.29 is 9.34 Å². The fourth-order valence-corrected chi connectivity index (χ4v) is 2.40. The Kier molecular flexibility index (Phi) is 4.38. The molecule has 120 valence electrons. The first-order chi connectivity index (χ1) is 11.1. The molecule has 2 aromatic rings. The number of nitro groups is 1. The summed E-state index contributed by atoms with van der Waals surface area (Å²) in [5.74, 6) is 1.22. The fraction of sp³-hybridized carbons (Fsp3) is 0.312. The molecule has 0 aliphatic carbocycles. The Morgan fingerprint density at radius 1 is 1.22 bits per heavy atom. The number of benzene rings is 1. The van der Waals surface area contributed by atoms with Crippen molar-refractivity contribution in [3.8, 4) is 11.3 Å². The largest absolute Gasteiger partial charge is 0.455 e. The lowest BCUT2D eigenvalue weighted by Gasteiger charge is -2.30. The van der Waals surface area contributed by atoms with Gasteiger partial charge < -0.3 is 9.32 Å². The van der Waals surface area contributed by atoms with Gasteiger partial charge in [0.15, 0.2) is 0 Å². The number of furan rings is 1. The summed E-state index contributed by atoms with van der Waals surface area (Å²) in [5.41, 5.74) is 0.727. The summed E-state index contributed by atoms with van der Waals surface area (Å²) in [5, 5.41) is 17.3. The van der Waals surface area contributed by atoms with Crippen molar-refractivity contribution >= 4 is 11.9 Å². The number of rotatable bonds is 4. The van der Waals surface area contributed by atoms with Crippen LogP contribution in [0.3, 0.4) is 0 Å². The Bertz CT molecular complexity index is 718. The average Bonchev–Trinajstić information content (AvgIpc) is 3.03. The van der Waals surface area contributed by atoms with Gasteiger partial charge in [0.25, 0.3) is 5.69 Å². The van der Waals surface area contributed by atoms with E-state index in [4.69, 9.17) is 4.42 Å². The van der Waals surface area contributed by atoms with Crippen molar-refractivity contribution in [2.75, 3.05) is 33.2 Å². The predicted octanol–water partition coefficient (Wildman–Crippen LogP) is 2.44. The second kappa shape index (κ2) is 6.62. The van der Waals surface area contributed by atoms with Crippen LogP contribution < -0.4 is 0 Å². The maximum Gasteiger partial charge on any atom is 0.270 e. The fourth-order valence-electron chi connectivity index (χ4n) is 2.40. The lowest BCUT2D eigenvalue weighted by molar-refractivity contribution is -0.384. The Morgan fingerprint density at radius 2 is 2.00 bits per heavy atom. The van der Waals surface area contributed by atoms with Crippen molar-refractivity contribution in [3.63, 3.8) is 0 Å². The Balaban J connectivity index is 1.70. The van der Waals surface area contributed by atoms with Crippen LogP contribution in [0.25, 0.3) is 11.3 Å². The van der Waals surface area contributed by atoms with Crippen molar-refractivity contribution in [1.29, 1.82) is 0 Å². The van der Waals surface area contributed by atoms with Gasteiger partial charge in [-0.1, -0.05) is 12.1 Å². The zero-order valence-corrected chi connectivity index (χ0v) is 12.9. The van der Waals surface area contributed by atoms with Crippen molar-refractivity contribution in [2.24, 2.45) is 5.10 Å². The number of nitro benzene ring substituents is 1. The predicted molar refractivity (Wildman–Crippen MR) is 87.5 cm³/mol. The second-order valence-electron chi connectivity index (χ2n) is 5.51. The van der Waals surface area contributed by atoms with Gasteiger partial charge in [0.1, 0.15) is 11.5 Å². The van der Waals surface area contributed by atoms with E-state index >= 15 is 0 Å². The molecule has 7 nitrogen and oxygen atoms in total. The van der Waals surface area contributed by atoms with Crippen LogP contribution in [0.15, 0.2) is 45.9 Å². The minimum absolute atomic E-state index is 0.0477. The van der Waals surface area contributed by atoms with Crippen LogP contribution in [0.1, 0.15) is 5.76 Å². The van der Waals surface area contributed by atoms with E-state index in [1.807, 2.05) is 11.1 Å². The Morgan fingerprint density at radius 3 is 2.74 bits per heavy atom. The van der Waals surface area contributed by atoms with Gasteiger partial charge in [-0.25, -0.2) is 0 Å². The van der Waals surface area contributed by atoms with Crippen LogP contribution in [-0.2, 0) is 0 Å². The van der Waals surface area contributed by atoms with Crippen LogP contribution in [0.4, 0.5) is 5.69 Å². The van der Waals surface area contributed by atoms with E-state index in [1.54, 1.807) is 24.4 Å². The zero-order chi connectivity index (χ0) is 16.2. The third kappa shape index (κ3) is 3.75. The summed E-state index contributed by atoms with van der Waals surface area (Å²) in [6, 6.07) is 10.0. The van der Waals surface area contributed by atoms with E-state index in [2.05, 4.69) is 17.0 Å². The molecule has 0 amide bonds. The first kappa shape index (κ1) is 15.2. The third-order valence-corrected chi connectivity index (χ3v) is 3.80. The van der Waals surface area contributed by atoms with Crippen molar-refractivity contribution in [2.45, 2.75) is 0 Å². The Labute approximate surface area is 134 Å². The van der Waals surface area contributed by atoms with E-state index in [0.29, 0.717) is 17.1 Å². The highest BCUT2D eigenvalue weighted by atomic mass is 16.6. The highest BCUT2D eigenvalue weighted by Gasteiger charge is 2.12. The summed E-state index contributed by atoms with van der Waals surface area (Å²) in [7, 11) is 2.10. The minimum atomic E-state index is -0.415. The van der Waals surface area contributed by atoms with Crippen LogP contribution in [-0.4, -0.2) is 54.3 Å². The molecule has 0 radical (unpaired) electrons. The maximum absolute atomic E-state index is 10.8. The van der Waals surface area contributed by atoms with E-state index in [-0.39, 0.29) is 5.69 Å². The number of likely N-dealkylation sites (N-methyl/N-ethyl adjacent to an activating group) is 1. The molecule has 0 unspecified atom stereocenters. The number of piperazine rings is 1. The number of non-ortho nitro benzene ring substituents is 1. The molecule has 2 heterocycles. The molecule has 1 aromatic heterocycles. The van der Waals surface area contributed by atoms with E-state index < -0.39 is 4.92 Å². The van der Waals surface area contributed by atoms with Gasteiger partial charge in [0.2, 0.25) is 0 Å². The second-order valence-corrected chi connectivity index (χ2v) is 5.51. The number of nitrogens with zero attached hydrogens (tertiary/aromatic N) is 4. The molecule has 0 saturated carbocycles. The first-order valence-electron chi connectivity index (χ1n) is 7.44. The van der Waals surface area contributed by atoms with Crippen LogP contribution >= 0.6 is 0 Å². The quantitative estimate of drug-likeness (QED) is 0.492. The van der Waals surface area contributed by atoms with Crippen molar-refractivity contribution in [3.05, 3.63) is 52.3 Å². The summed E-state index contributed by atoms with van der Waals surface area (Å²) >= 11 is 0. The van der Waals surface area contributed by atoms with Gasteiger partial charge in [0, 0.05) is 43.9 Å². The molecule has 0 atom stereocenters. The third-order valence-electron chi connectivity index (χ3n) is 3.80. The highest BCUT2D eigenvalue weighted by Crippen LogP contribution is 2.25. The van der Waals surface area contributed by atoms with Crippen LogP contribution in [0.2, 0.25) is 0 Å².